The maximum atomic E-state index is 11.9. The van der Waals surface area contributed by atoms with E-state index < -0.39 is 11.3 Å². The summed E-state index contributed by atoms with van der Waals surface area (Å²) in [6.45, 7) is 0. The van der Waals surface area contributed by atoms with Gasteiger partial charge in [0.05, 0.1) is 5.69 Å². The van der Waals surface area contributed by atoms with E-state index in [-0.39, 0.29) is 0 Å². The molecule has 1 atom stereocenters. The van der Waals surface area contributed by atoms with E-state index in [1.807, 2.05) is 60.7 Å². The zero-order valence-electron chi connectivity index (χ0n) is 9.39. The van der Waals surface area contributed by atoms with E-state index in [1.54, 1.807) is 4.31 Å². The molecule has 3 rings (SSSR count). The second-order valence-corrected chi connectivity index (χ2v) is 4.65. The first-order valence-electron chi connectivity index (χ1n) is 5.44. The van der Waals surface area contributed by atoms with Crippen molar-refractivity contribution in [3.05, 3.63) is 66.2 Å². The molecule has 0 aliphatic carbocycles. The smallest absolute Gasteiger partial charge is 0.268 e. The van der Waals surface area contributed by atoms with E-state index in [0.29, 0.717) is 5.84 Å². The number of anilines is 1. The lowest BCUT2D eigenvalue weighted by Gasteiger charge is -2.15. The Bertz CT molecular complexity index is 599. The van der Waals surface area contributed by atoms with Crippen LogP contribution in [0, 0.1) is 0 Å². The van der Waals surface area contributed by atoms with Crippen LogP contribution in [0.1, 0.15) is 5.56 Å². The first kappa shape index (κ1) is 11.0. The highest BCUT2D eigenvalue weighted by Crippen LogP contribution is 2.24. The molecule has 2 aromatic carbocycles. The highest BCUT2D eigenvalue weighted by Gasteiger charge is 2.29. The van der Waals surface area contributed by atoms with Gasteiger partial charge in [0, 0.05) is 5.56 Å². The molecule has 90 valence electrons. The maximum Gasteiger partial charge on any atom is 0.346 e. The lowest BCUT2D eigenvalue weighted by molar-refractivity contribution is 0.386. The van der Waals surface area contributed by atoms with Gasteiger partial charge in [-0.25, -0.2) is 4.31 Å². The Morgan fingerprint density at radius 2 is 1.56 bits per heavy atom. The van der Waals surface area contributed by atoms with Crippen molar-refractivity contribution >= 4 is 22.8 Å². The van der Waals surface area contributed by atoms with Crippen LogP contribution in [0.5, 0.6) is 0 Å². The van der Waals surface area contributed by atoms with Gasteiger partial charge in [-0.2, -0.15) is 4.21 Å². The van der Waals surface area contributed by atoms with Crippen LogP contribution < -0.4 is 4.31 Å². The Balaban J connectivity index is 2.03. The van der Waals surface area contributed by atoms with Crippen LogP contribution in [-0.2, 0) is 15.6 Å². The van der Waals surface area contributed by atoms with Crippen LogP contribution in [0.3, 0.4) is 0 Å². The lowest BCUT2D eigenvalue weighted by atomic mass is 10.2. The van der Waals surface area contributed by atoms with Crippen LogP contribution in [0.2, 0.25) is 0 Å². The minimum Gasteiger partial charge on any atom is -0.268 e. The molecule has 0 aromatic heterocycles. The van der Waals surface area contributed by atoms with Crippen molar-refractivity contribution in [2.24, 2.45) is 5.16 Å². The van der Waals surface area contributed by atoms with Crippen molar-refractivity contribution in [2.45, 2.75) is 0 Å². The standard InChI is InChI=1S/C13H10N2O2S/c16-18-15(12-9-5-2-6-10-12)13(14-17-18)11-7-3-1-4-8-11/h1-10H. The molecule has 0 radical (unpaired) electrons. The van der Waals surface area contributed by atoms with Gasteiger partial charge in [-0.15, -0.1) is 0 Å². The fourth-order valence-electron chi connectivity index (χ4n) is 1.74. The van der Waals surface area contributed by atoms with E-state index in [2.05, 4.69) is 5.16 Å². The van der Waals surface area contributed by atoms with Gasteiger partial charge in [0.1, 0.15) is 0 Å². The first-order valence-corrected chi connectivity index (χ1v) is 6.47. The summed E-state index contributed by atoms with van der Waals surface area (Å²) in [6.07, 6.45) is 0. The molecule has 0 saturated heterocycles. The molecule has 18 heavy (non-hydrogen) atoms. The number of oxime groups is 1. The number of benzene rings is 2. The maximum absolute atomic E-state index is 11.9. The number of nitrogens with zero attached hydrogens (tertiary/aromatic N) is 2. The molecule has 2 aromatic rings. The van der Waals surface area contributed by atoms with Gasteiger partial charge in [-0.1, -0.05) is 48.5 Å². The van der Waals surface area contributed by atoms with Crippen molar-refractivity contribution < 1.29 is 8.49 Å². The molecule has 1 unspecified atom stereocenters. The zero-order chi connectivity index (χ0) is 12.4. The Morgan fingerprint density at radius 1 is 0.944 bits per heavy atom. The quantitative estimate of drug-likeness (QED) is 0.830. The van der Waals surface area contributed by atoms with E-state index in [9.17, 15) is 4.21 Å². The Hall–Kier alpha value is -2.14. The molecule has 1 heterocycles. The van der Waals surface area contributed by atoms with Gasteiger partial charge in [-0.3, -0.25) is 4.28 Å². The summed E-state index contributed by atoms with van der Waals surface area (Å²) in [5.74, 6) is 0.556. The molecular formula is C13H10N2O2S. The summed E-state index contributed by atoms with van der Waals surface area (Å²) in [5.41, 5.74) is 1.66. The average Bonchev–Trinajstić information content (AvgIpc) is 2.83. The van der Waals surface area contributed by atoms with Crippen molar-refractivity contribution in [1.82, 2.24) is 0 Å². The molecule has 0 spiro atoms. The number of amidine groups is 1. The molecule has 4 nitrogen and oxygen atoms in total. The predicted octanol–water partition coefficient (Wildman–Crippen LogP) is 2.46. The van der Waals surface area contributed by atoms with Crippen LogP contribution in [-0.4, -0.2) is 10.0 Å². The van der Waals surface area contributed by atoms with Gasteiger partial charge in [0.15, 0.2) is 5.84 Å². The van der Waals surface area contributed by atoms with Crippen LogP contribution in [0.4, 0.5) is 5.69 Å². The summed E-state index contributed by atoms with van der Waals surface area (Å²) >= 11 is -1.61. The highest BCUT2D eigenvalue weighted by molar-refractivity contribution is 7.83. The molecule has 0 saturated carbocycles. The molecule has 1 aliphatic rings. The van der Waals surface area contributed by atoms with Gasteiger partial charge in [-0.05, 0) is 17.3 Å². The number of rotatable bonds is 2. The molecular weight excluding hydrogens is 248 g/mol. The minimum absolute atomic E-state index is 0.556. The third-order valence-corrected chi connectivity index (χ3v) is 3.44. The molecule has 1 aliphatic heterocycles. The van der Waals surface area contributed by atoms with Crippen molar-refractivity contribution in [3.63, 3.8) is 0 Å². The number of para-hydroxylation sites is 1. The van der Waals surface area contributed by atoms with Crippen molar-refractivity contribution in [1.29, 1.82) is 0 Å². The van der Waals surface area contributed by atoms with E-state index in [0.717, 1.165) is 11.3 Å². The predicted molar refractivity (Wildman–Crippen MR) is 71.1 cm³/mol. The summed E-state index contributed by atoms with van der Waals surface area (Å²) in [7, 11) is 0. The lowest BCUT2D eigenvalue weighted by Crippen LogP contribution is -2.28. The fourth-order valence-corrected chi connectivity index (χ4v) is 2.51. The molecule has 0 N–H and O–H groups in total. The average molecular weight is 258 g/mol. The SMILES string of the molecule is O=S1ON=C(c2ccccc2)N1c1ccccc1. The topological polar surface area (TPSA) is 41.9 Å². The fraction of sp³-hybridized carbons (Fsp3) is 0. The summed E-state index contributed by atoms with van der Waals surface area (Å²) in [6, 6.07) is 18.9. The number of hydrogen-bond donors (Lipinski definition) is 0. The summed E-state index contributed by atoms with van der Waals surface area (Å²) in [5, 5.41) is 3.89. The van der Waals surface area contributed by atoms with Gasteiger partial charge < -0.3 is 0 Å². The third-order valence-electron chi connectivity index (χ3n) is 2.55. The monoisotopic (exact) mass is 258 g/mol. The van der Waals surface area contributed by atoms with E-state index >= 15 is 0 Å². The van der Waals surface area contributed by atoms with E-state index in [4.69, 9.17) is 4.28 Å². The summed E-state index contributed by atoms with van der Waals surface area (Å²) in [4.78, 5) is 0. The Kier molecular flexibility index (Phi) is 2.82. The zero-order valence-corrected chi connectivity index (χ0v) is 10.2. The van der Waals surface area contributed by atoms with Crippen LogP contribution in [0.15, 0.2) is 65.8 Å². The number of hydrogen-bond acceptors (Lipinski definition) is 3. The first-order chi connectivity index (χ1) is 8.86. The largest absolute Gasteiger partial charge is 0.346 e. The van der Waals surface area contributed by atoms with Crippen molar-refractivity contribution in [3.8, 4) is 0 Å². The van der Waals surface area contributed by atoms with Crippen LogP contribution in [0.25, 0.3) is 0 Å². The van der Waals surface area contributed by atoms with E-state index in [1.165, 1.54) is 0 Å². The van der Waals surface area contributed by atoms with Gasteiger partial charge >= 0.3 is 11.3 Å². The molecule has 0 fully saturated rings. The molecule has 0 bridgehead atoms. The second kappa shape index (κ2) is 4.62. The normalized spacial score (nSPS) is 18.3. The van der Waals surface area contributed by atoms with Crippen molar-refractivity contribution in [2.75, 3.05) is 4.31 Å². The Morgan fingerprint density at radius 3 is 2.22 bits per heavy atom. The van der Waals surface area contributed by atoms with Crippen LogP contribution >= 0.6 is 0 Å². The van der Waals surface area contributed by atoms with Gasteiger partial charge in [0.2, 0.25) is 0 Å². The summed E-state index contributed by atoms with van der Waals surface area (Å²) < 4.78 is 18.3. The van der Waals surface area contributed by atoms with Gasteiger partial charge in [0.25, 0.3) is 0 Å². The molecule has 5 heteroatoms. The Labute approximate surface area is 107 Å². The third kappa shape index (κ3) is 1.89. The molecule has 0 amide bonds. The minimum atomic E-state index is -1.61. The highest BCUT2D eigenvalue weighted by atomic mass is 32.2. The second-order valence-electron chi connectivity index (χ2n) is 3.70.